The van der Waals surface area contributed by atoms with Crippen LogP contribution in [0.15, 0.2) is 0 Å². The summed E-state index contributed by atoms with van der Waals surface area (Å²) in [5, 5.41) is 0. The molecule has 0 fully saturated rings. The summed E-state index contributed by atoms with van der Waals surface area (Å²) < 4.78 is 0. The maximum atomic E-state index is 0. The van der Waals surface area contributed by atoms with Crippen molar-refractivity contribution >= 4 is 33.8 Å². The van der Waals surface area contributed by atoms with Gasteiger partial charge in [0.25, 0.3) is 0 Å². The van der Waals surface area contributed by atoms with Gasteiger partial charge in [-0.25, -0.2) is 0 Å². The summed E-state index contributed by atoms with van der Waals surface area (Å²) in [5.74, 6) is 0. The molecule has 0 N–H and O–H groups in total. The van der Waals surface area contributed by atoms with Crippen molar-refractivity contribution in [2.75, 3.05) is 0 Å². The van der Waals surface area contributed by atoms with Crippen LogP contribution in [-0.2, 0) is 33.6 Å². The molecule has 0 nitrogen and oxygen atoms in total. The van der Waals surface area contributed by atoms with Crippen LogP contribution in [0.2, 0.25) is 0 Å². The number of hydrogen-bond donors (Lipinski definition) is 0. The Hall–Kier alpha value is 2.24. The fourth-order valence-corrected chi connectivity index (χ4v) is 0. The van der Waals surface area contributed by atoms with E-state index in [1.807, 2.05) is 0 Å². The Balaban J connectivity index is 0. The monoisotopic (exact) mass is 272 g/mol. The second-order valence-corrected chi connectivity index (χ2v) is 0. The zero-order valence-electron chi connectivity index (χ0n) is 1.56. The summed E-state index contributed by atoms with van der Waals surface area (Å²) in [5.41, 5.74) is 0. The van der Waals surface area contributed by atoms with E-state index in [1.54, 1.807) is 0 Å². The third-order valence-electron chi connectivity index (χ3n) is 0. The van der Waals surface area contributed by atoms with Crippen LogP contribution in [0.5, 0.6) is 0 Å². The first-order valence-electron chi connectivity index (χ1n) is 0. The second-order valence-electron chi connectivity index (χ2n) is 0. The minimum Gasteiger partial charge on any atom is 0 e. The molecular weight excluding hydrogens is 272 g/mol. The maximum Gasteiger partial charge on any atom is 0 e. The molecule has 0 aliphatic heterocycles. The molecule has 0 amide bonds. The first kappa shape index (κ1) is 34.1. The van der Waals surface area contributed by atoms with Gasteiger partial charge in [-0.3, -0.25) is 0 Å². The molecule has 0 spiro atoms. The smallest absolute Gasteiger partial charge is 0 e. The van der Waals surface area contributed by atoms with Gasteiger partial charge < -0.3 is 0 Å². The Labute approximate surface area is 66.8 Å². The van der Waals surface area contributed by atoms with Gasteiger partial charge in [-0.1, -0.05) is 0 Å². The summed E-state index contributed by atoms with van der Waals surface area (Å²) in [4.78, 5) is 0. The van der Waals surface area contributed by atoms with Crippen molar-refractivity contribution < 1.29 is 33.6 Å². The van der Waals surface area contributed by atoms with Gasteiger partial charge in [-0.15, -0.1) is 0 Å². The van der Waals surface area contributed by atoms with E-state index in [4.69, 9.17) is 0 Å². The van der Waals surface area contributed by atoms with Crippen molar-refractivity contribution in [3.8, 4) is 0 Å². The molecule has 0 saturated heterocycles. The van der Waals surface area contributed by atoms with Gasteiger partial charge in [0.15, 0.2) is 0 Å². The van der Waals surface area contributed by atoms with Crippen molar-refractivity contribution in [2.45, 2.75) is 0 Å². The SMILES string of the molecule is [Cu].[Ni].[P].[Sn]. The van der Waals surface area contributed by atoms with Gasteiger partial charge in [-0.2, -0.15) is 0 Å². The zero-order valence-corrected chi connectivity index (χ0v) is 7.24. The Morgan fingerprint density at radius 3 is 1.00 bits per heavy atom. The standard InChI is InChI=1S/Cu.Ni.P.Sn. The van der Waals surface area contributed by atoms with Crippen molar-refractivity contribution in [1.82, 2.24) is 0 Å². The average molecular weight is 272 g/mol. The van der Waals surface area contributed by atoms with Crippen LogP contribution in [0, 0.1) is 0 Å². The van der Waals surface area contributed by atoms with E-state index in [0.717, 1.165) is 0 Å². The molecule has 0 rings (SSSR count). The molecule has 0 saturated carbocycles. The van der Waals surface area contributed by atoms with Crippen LogP contribution in [0.3, 0.4) is 0 Å². The van der Waals surface area contributed by atoms with Crippen molar-refractivity contribution in [1.29, 1.82) is 0 Å². The van der Waals surface area contributed by atoms with E-state index in [-0.39, 0.29) is 67.4 Å². The molecule has 0 aliphatic rings. The first-order chi connectivity index (χ1) is 0. The predicted octanol–water partition coefficient (Wildman–Crippen LogP) is 0.475. The molecule has 8 radical (unpaired) electrons. The van der Waals surface area contributed by atoms with Crippen LogP contribution in [-0.4, -0.2) is 23.9 Å². The summed E-state index contributed by atoms with van der Waals surface area (Å²) in [7, 11) is 0. The van der Waals surface area contributed by atoms with Gasteiger partial charge in [-0.05, 0) is 0 Å². The van der Waals surface area contributed by atoms with E-state index in [1.165, 1.54) is 0 Å². The Kier molecular flexibility index (Phi) is 160. The molecule has 30 valence electrons. The summed E-state index contributed by atoms with van der Waals surface area (Å²) in [6.45, 7) is 0. The van der Waals surface area contributed by atoms with E-state index in [9.17, 15) is 0 Å². The molecule has 0 bridgehead atoms. The van der Waals surface area contributed by atoms with Gasteiger partial charge >= 0.3 is 0 Å². The fraction of sp³-hybridized carbons (Fsp3) is 0. The third-order valence-corrected chi connectivity index (χ3v) is 0. The molecule has 0 aromatic heterocycles. The van der Waals surface area contributed by atoms with E-state index in [0.29, 0.717) is 0 Å². The van der Waals surface area contributed by atoms with Crippen molar-refractivity contribution in [3.63, 3.8) is 0 Å². The molecule has 0 aromatic carbocycles. The van der Waals surface area contributed by atoms with E-state index < -0.39 is 0 Å². The van der Waals surface area contributed by atoms with E-state index >= 15 is 0 Å². The van der Waals surface area contributed by atoms with Gasteiger partial charge in [0.1, 0.15) is 0 Å². The second kappa shape index (κ2) is 18.8. The van der Waals surface area contributed by atoms with Crippen LogP contribution < -0.4 is 0 Å². The predicted molar refractivity (Wildman–Crippen MR) is 12.7 cm³/mol. The minimum atomic E-state index is 0. The van der Waals surface area contributed by atoms with E-state index in [2.05, 4.69) is 0 Å². The molecule has 4 heteroatoms. The van der Waals surface area contributed by atoms with Gasteiger partial charge in [0, 0.05) is 67.4 Å². The summed E-state index contributed by atoms with van der Waals surface area (Å²) in [6, 6.07) is 0. The summed E-state index contributed by atoms with van der Waals surface area (Å²) >= 11 is 0. The molecular formula is CuNiPSn. The van der Waals surface area contributed by atoms with Gasteiger partial charge in [0.05, 0.1) is 0 Å². The zero-order chi connectivity index (χ0) is 0. The Morgan fingerprint density at radius 2 is 1.00 bits per heavy atom. The average Bonchev–Trinajstić information content (AvgIpc) is 0. The third kappa shape index (κ3) is 8.87. The largest absolute Gasteiger partial charge is 0 e. The molecule has 0 unspecified atom stereocenters. The van der Waals surface area contributed by atoms with Crippen LogP contribution >= 0.6 is 9.90 Å². The number of hydrogen-bond acceptors (Lipinski definition) is 0. The van der Waals surface area contributed by atoms with Crippen molar-refractivity contribution in [3.05, 3.63) is 0 Å². The molecule has 0 aromatic rings. The topological polar surface area (TPSA) is 0 Å². The van der Waals surface area contributed by atoms with Crippen LogP contribution in [0.4, 0.5) is 0 Å². The normalized spacial score (nSPS) is 0. The molecule has 0 heterocycles. The van der Waals surface area contributed by atoms with Crippen LogP contribution in [0.1, 0.15) is 0 Å². The first-order valence-corrected chi connectivity index (χ1v) is 0. The fourth-order valence-electron chi connectivity index (χ4n) is 0. The molecule has 0 atom stereocenters. The molecule has 0 aliphatic carbocycles. The number of rotatable bonds is 0. The van der Waals surface area contributed by atoms with Crippen LogP contribution in [0.25, 0.3) is 0 Å². The Morgan fingerprint density at radius 1 is 1.00 bits per heavy atom. The minimum absolute atomic E-state index is 0. The maximum absolute atomic E-state index is 0. The van der Waals surface area contributed by atoms with Crippen molar-refractivity contribution in [2.24, 2.45) is 0 Å². The quantitative estimate of drug-likeness (QED) is 0.444. The summed E-state index contributed by atoms with van der Waals surface area (Å²) in [6.07, 6.45) is 0. The van der Waals surface area contributed by atoms with Gasteiger partial charge in [0.2, 0.25) is 0 Å². The molecule has 4 heavy (non-hydrogen) atoms. The Bertz CT molecular complexity index is 8.00.